The molecule has 2 N–H and O–H groups in total. The molecule has 6 heteroatoms. The van der Waals surface area contributed by atoms with E-state index in [9.17, 15) is 0 Å². The number of hydrogen-bond donors (Lipinski definition) is 1. The summed E-state index contributed by atoms with van der Waals surface area (Å²) >= 11 is 0. The number of anilines is 1. The van der Waals surface area contributed by atoms with E-state index in [0.717, 1.165) is 36.8 Å². The van der Waals surface area contributed by atoms with Gasteiger partial charge in [-0.2, -0.15) is 0 Å². The van der Waals surface area contributed by atoms with Crippen molar-refractivity contribution in [3.05, 3.63) is 36.2 Å². The monoisotopic (exact) mass is 230 g/mol. The van der Waals surface area contributed by atoms with Crippen LogP contribution in [-0.2, 0) is 19.6 Å². The Morgan fingerprint density at radius 3 is 3.18 bits per heavy atom. The summed E-state index contributed by atoms with van der Waals surface area (Å²) in [5.41, 5.74) is 7.66. The van der Waals surface area contributed by atoms with E-state index in [0.29, 0.717) is 6.54 Å². The Bertz CT molecular complexity index is 520. The summed E-state index contributed by atoms with van der Waals surface area (Å²) in [7, 11) is 0. The molecule has 0 fully saturated rings. The van der Waals surface area contributed by atoms with Gasteiger partial charge in [0.05, 0.1) is 12.2 Å². The molecule has 0 atom stereocenters. The number of rotatable bonds is 2. The van der Waals surface area contributed by atoms with Gasteiger partial charge in [-0.05, 0) is 12.1 Å². The largest absolute Gasteiger partial charge is 0.362 e. The maximum Gasteiger partial charge on any atom is 0.152 e. The van der Waals surface area contributed by atoms with Gasteiger partial charge in [0.1, 0.15) is 6.33 Å². The average Bonchev–Trinajstić information content (AvgIpc) is 2.86. The fourth-order valence-corrected chi connectivity index (χ4v) is 2.06. The van der Waals surface area contributed by atoms with Crippen LogP contribution < -0.4 is 10.6 Å². The zero-order valence-electron chi connectivity index (χ0n) is 9.45. The number of fused-ring (bicyclic) bond motifs is 1. The number of aromatic nitrogens is 4. The van der Waals surface area contributed by atoms with Gasteiger partial charge in [-0.3, -0.25) is 4.98 Å². The van der Waals surface area contributed by atoms with Crippen LogP contribution in [0.3, 0.4) is 0 Å². The molecule has 0 unspecified atom stereocenters. The summed E-state index contributed by atoms with van der Waals surface area (Å²) in [4.78, 5) is 6.47. The lowest BCUT2D eigenvalue weighted by Gasteiger charge is -2.29. The minimum atomic E-state index is 0.470. The molecule has 1 aliphatic rings. The smallest absolute Gasteiger partial charge is 0.152 e. The van der Waals surface area contributed by atoms with Gasteiger partial charge >= 0.3 is 0 Å². The first-order valence-electron chi connectivity index (χ1n) is 5.63. The Kier molecular flexibility index (Phi) is 2.49. The minimum absolute atomic E-state index is 0.470. The highest BCUT2D eigenvalue weighted by Gasteiger charge is 2.17. The number of hydrogen-bond acceptors (Lipinski definition) is 5. The molecule has 17 heavy (non-hydrogen) atoms. The highest BCUT2D eigenvalue weighted by molar-refractivity contribution is 5.47. The quantitative estimate of drug-likeness (QED) is 0.795. The summed E-state index contributed by atoms with van der Waals surface area (Å²) < 4.78 is 2.08. The third-order valence-corrected chi connectivity index (χ3v) is 3.01. The van der Waals surface area contributed by atoms with Gasteiger partial charge in [0, 0.05) is 31.5 Å². The van der Waals surface area contributed by atoms with E-state index < -0.39 is 0 Å². The second-order valence-electron chi connectivity index (χ2n) is 4.07. The summed E-state index contributed by atoms with van der Waals surface area (Å²) in [5.74, 6) is 1.00. The van der Waals surface area contributed by atoms with Crippen molar-refractivity contribution < 1.29 is 0 Å². The van der Waals surface area contributed by atoms with Crippen molar-refractivity contribution >= 4 is 5.69 Å². The lowest BCUT2D eigenvalue weighted by Crippen LogP contribution is -2.33. The summed E-state index contributed by atoms with van der Waals surface area (Å²) in [5, 5.41) is 8.03. The molecule has 0 spiro atoms. The standard InChI is InChI=1S/C11H14N6/c12-6-9-5-10(1-2-13-9)16-3-4-17-8-14-15-11(17)7-16/h1-2,5,8H,3-4,6-7,12H2. The van der Waals surface area contributed by atoms with Crippen molar-refractivity contribution in [2.45, 2.75) is 19.6 Å². The van der Waals surface area contributed by atoms with Crippen LogP contribution in [0.5, 0.6) is 0 Å². The van der Waals surface area contributed by atoms with E-state index in [-0.39, 0.29) is 0 Å². The molecule has 6 nitrogen and oxygen atoms in total. The summed E-state index contributed by atoms with van der Waals surface area (Å²) in [6, 6.07) is 4.04. The highest BCUT2D eigenvalue weighted by Crippen LogP contribution is 2.19. The van der Waals surface area contributed by atoms with Gasteiger partial charge in [0.15, 0.2) is 5.82 Å². The molecule has 2 aromatic heterocycles. The van der Waals surface area contributed by atoms with Gasteiger partial charge in [-0.15, -0.1) is 10.2 Å². The van der Waals surface area contributed by atoms with Crippen LogP contribution in [0.4, 0.5) is 5.69 Å². The normalized spacial score (nSPS) is 14.8. The first kappa shape index (κ1) is 10.2. The first-order valence-corrected chi connectivity index (χ1v) is 5.63. The molecule has 0 saturated carbocycles. The molecule has 1 aliphatic heterocycles. The predicted octanol–water partition coefficient (Wildman–Crippen LogP) is 0.152. The molecule has 3 rings (SSSR count). The van der Waals surface area contributed by atoms with E-state index in [2.05, 4.69) is 24.6 Å². The average molecular weight is 230 g/mol. The van der Waals surface area contributed by atoms with Gasteiger partial charge in [-0.1, -0.05) is 0 Å². The molecule has 0 amide bonds. The molecule has 0 saturated heterocycles. The Morgan fingerprint density at radius 1 is 1.35 bits per heavy atom. The first-order chi connectivity index (χ1) is 8.36. The van der Waals surface area contributed by atoms with Crippen LogP contribution in [0.15, 0.2) is 24.7 Å². The molecule has 0 aromatic carbocycles. The van der Waals surface area contributed by atoms with Crippen LogP contribution in [0.25, 0.3) is 0 Å². The molecular weight excluding hydrogens is 216 g/mol. The van der Waals surface area contributed by atoms with Gasteiger partial charge in [0.2, 0.25) is 0 Å². The molecule has 0 aliphatic carbocycles. The van der Waals surface area contributed by atoms with Crippen LogP contribution in [-0.4, -0.2) is 26.3 Å². The van der Waals surface area contributed by atoms with Crippen molar-refractivity contribution in [2.24, 2.45) is 5.73 Å². The van der Waals surface area contributed by atoms with Crippen LogP contribution in [0, 0.1) is 0 Å². The van der Waals surface area contributed by atoms with E-state index in [4.69, 9.17) is 5.73 Å². The van der Waals surface area contributed by atoms with Crippen molar-refractivity contribution in [1.29, 1.82) is 0 Å². The Labute approximate surface area is 99.1 Å². The highest BCUT2D eigenvalue weighted by atomic mass is 15.3. The summed E-state index contributed by atoms with van der Waals surface area (Å²) in [6.07, 6.45) is 3.58. The predicted molar refractivity (Wildman–Crippen MR) is 63.2 cm³/mol. The Balaban J connectivity index is 1.86. The molecule has 0 radical (unpaired) electrons. The maximum absolute atomic E-state index is 5.60. The SMILES string of the molecule is NCc1cc(N2CCn3cnnc3C2)ccn1. The zero-order chi connectivity index (χ0) is 11.7. The molecule has 0 bridgehead atoms. The van der Waals surface area contributed by atoms with Crippen molar-refractivity contribution in [1.82, 2.24) is 19.7 Å². The zero-order valence-corrected chi connectivity index (χ0v) is 9.45. The van der Waals surface area contributed by atoms with Gasteiger partial charge in [-0.25, -0.2) is 0 Å². The summed E-state index contributed by atoms with van der Waals surface area (Å²) in [6.45, 7) is 3.13. The second kappa shape index (κ2) is 4.14. The van der Waals surface area contributed by atoms with Crippen LogP contribution in [0.1, 0.15) is 11.5 Å². The third kappa shape index (κ3) is 1.87. The molecule has 3 heterocycles. The third-order valence-electron chi connectivity index (χ3n) is 3.01. The molecule has 88 valence electrons. The Hall–Kier alpha value is -1.95. The number of pyridine rings is 1. The van der Waals surface area contributed by atoms with Crippen molar-refractivity contribution in [3.8, 4) is 0 Å². The minimum Gasteiger partial charge on any atom is -0.362 e. The van der Waals surface area contributed by atoms with Crippen molar-refractivity contribution in [2.75, 3.05) is 11.4 Å². The second-order valence-corrected chi connectivity index (χ2v) is 4.07. The van der Waals surface area contributed by atoms with Crippen molar-refractivity contribution in [3.63, 3.8) is 0 Å². The lowest BCUT2D eigenvalue weighted by molar-refractivity contribution is 0.559. The van der Waals surface area contributed by atoms with E-state index in [1.165, 1.54) is 0 Å². The molecule has 2 aromatic rings. The fourth-order valence-electron chi connectivity index (χ4n) is 2.06. The number of nitrogens with zero attached hydrogens (tertiary/aromatic N) is 5. The van der Waals surface area contributed by atoms with Crippen LogP contribution >= 0.6 is 0 Å². The van der Waals surface area contributed by atoms with Gasteiger partial charge < -0.3 is 15.2 Å². The topological polar surface area (TPSA) is 72.9 Å². The van der Waals surface area contributed by atoms with Crippen LogP contribution in [0.2, 0.25) is 0 Å². The van der Waals surface area contributed by atoms with E-state index >= 15 is 0 Å². The Morgan fingerprint density at radius 2 is 2.29 bits per heavy atom. The maximum atomic E-state index is 5.60. The van der Waals surface area contributed by atoms with E-state index in [1.807, 2.05) is 12.1 Å². The fraction of sp³-hybridized carbons (Fsp3) is 0.364. The van der Waals surface area contributed by atoms with Gasteiger partial charge in [0.25, 0.3) is 0 Å². The lowest BCUT2D eigenvalue weighted by atomic mass is 10.2. The molecular formula is C11H14N6. The number of nitrogens with two attached hydrogens (primary N) is 1. The van der Waals surface area contributed by atoms with E-state index in [1.54, 1.807) is 12.5 Å².